The Morgan fingerprint density at radius 1 is 1.29 bits per heavy atom. The number of hydrogen-bond donors (Lipinski definition) is 3. The molecule has 0 saturated carbocycles. The molecule has 1 aliphatic rings. The number of rotatable bonds is 3. The molecule has 1 saturated heterocycles. The first kappa shape index (κ1) is 14.9. The first-order valence-corrected chi connectivity index (χ1v) is 8.24. The van der Waals surface area contributed by atoms with E-state index in [1.54, 1.807) is 0 Å². The predicted molar refractivity (Wildman–Crippen MR) is 92.2 cm³/mol. The lowest BCUT2D eigenvalue weighted by Crippen LogP contribution is -2.30. The van der Waals surface area contributed by atoms with Gasteiger partial charge in [-0.1, -0.05) is 11.3 Å². The molecule has 3 aromatic rings. The number of anilines is 1. The van der Waals surface area contributed by atoms with Gasteiger partial charge in [-0.05, 0) is 51.1 Å². The average Bonchev–Trinajstić information content (AvgIpc) is 3.23. The van der Waals surface area contributed by atoms with Gasteiger partial charge >= 0.3 is 0 Å². The van der Waals surface area contributed by atoms with Gasteiger partial charge in [0.05, 0.1) is 17.4 Å². The maximum atomic E-state index is 12.6. The quantitative estimate of drug-likeness (QED) is 0.689. The predicted octanol–water partition coefficient (Wildman–Crippen LogP) is 2.24. The van der Waals surface area contributed by atoms with Crippen molar-refractivity contribution in [1.82, 2.24) is 25.3 Å². The number of aromatic amines is 1. The average molecular weight is 324 g/mol. The number of amides is 1. The van der Waals surface area contributed by atoms with Gasteiger partial charge in [-0.3, -0.25) is 4.79 Å². The molecule has 1 aromatic carbocycles. The highest BCUT2D eigenvalue weighted by Crippen LogP contribution is 2.24. The summed E-state index contributed by atoms with van der Waals surface area (Å²) in [4.78, 5) is 15.8. The van der Waals surface area contributed by atoms with Crippen LogP contribution in [0.25, 0.3) is 10.9 Å². The molecule has 3 N–H and O–H groups in total. The van der Waals surface area contributed by atoms with Crippen molar-refractivity contribution in [1.29, 1.82) is 0 Å². The molecule has 0 radical (unpaired) electrons. The van der Waals surface area contributed by atoms with Gasteiger partial charge in [-0.2, -0.15) is 0 Å². The van der Waals surface area contributed by atoms with Gasteiger partial charge in [0, 0.05) is 17.1 Å². The highest BCUT2D eigenvalue weighted by atomic mass is 16.2. The van der Waals surface area contributed by atoms with Crippen LogP contribution >= 0.6 is 0 Å². The van der Waals surface area contributed by atoms with E-state index in [0.717, 1.165) is 48.2 Å². The lowest BCUT2D eigenvalue weighted by molar-refractivity contribution is 0.102. The number of carbonyl (C=O) groups is 1. The molecule has 2 aromatic heterocycles. The summed E-state index contributed by atoms with van der Waals surface area (Å²) in [5, 5.41) is 15.6. The molecule has 0 aliphatic carbocycles. The number of nitrogens with zero attached hydrogens (tertiary/aromatic N) is 3. The van der Waals surface area contributed by atoms with Crippen molar-refractivity contribution in [3.8, 4) is 0 Å². The number of H-pyrrole nitrogens is 1. The number of aromatic nitrogens is 4. The molecule has 4 rings (SSSR count). The number of benzene rings is 1. The summed E-state index contributed by atoms with van der Waals surface area (Å²) in [6, 6.07) is 8.04. The Labute approximate surface area is 139 Å². The van der Waals surface area contributed by atoms with Crippen molar-refractivity contribution < 1.29 is 4.79 Å². The van der Waals surface area contributed by atoms with E-state index < -0.39 is 0 Å². The maximum absolute atomic E-state index is 12.6. The number of carbonyl (C=O) groups excluding carboxylic acids is 1. The smallest absolute Gasteiger partial charge is 0.278 e. The molecule has 7 nitrogen and oxygen atoms in total. The van der Waals surface area contributed by atoms with Gasteiger partial charge in [0.15, 0.2) is 5.69 Å². The molecular formula is C17H20N6O. The van der Waals surface area contributed by atoms with E-state index in [-0.39, 0.29) is 5.91 Å². The van der Waals surface area contributed by atoms with Crippen LogP contribution in [0.2, 0.25) is 0 Å². The van der Waals surface area contributed by atoms with Crippen LogP contribution in [-0.2, 0) is 0 Å². The van der Waals surface area contributed by atoms with Gasteiger partial charge in [-0.25, -0.2) is 4.68 Å². The van der Waals surface area contributed by atoms with Crippen LogP contribution in [0, 0.1) is 6.92 Å². The highest BCUT2D eigenvalue weighted by molar-refractivity contribution is 6.08. The Bertz CT molecular complexity index is 874. The SMILES string of the molecule is Cc1c(C(=O)Nc2cccc3[nH]ccc23)nnn1C1CCNCC1. The third-order valence-electron chi connectivity index (χ3n) is 4.64. The zero-order valence-electron chi connectivity index (χ0n) is 13.5. The zero-order valence-corrected chi connectivity index (χ0v) is 13.5. The Kier molecular flexibility index (Phi) is 3.78. The highest BCUT2D eigenvalue weighted by Gasteiger charge is 2.23. The molecule has 1 amide bonds. The second kappa shape index (κ2) is 6.09. The first-order valence-electron chi connectivity index (χ1n) is 8.24. The second-order valence-electron chi connectivity index (χ2n) is 6.15. The summed E-state index contributed by atoms with van der Waals surface area (Å²) in [5.74, 6) is -0.221. The van der Waals surface area contributed by atoms with Crippen LogP contribution < -0.4 is 10.6 Å². The van der Waals surface area contributed by atoms with Crippen molar-refractivity contribution in [2.75, 3.05) is 18.4 Å². The zero-order chi connectivity index (χ0) is 16.5. The van der Waals surface area contributed by atoms with Crippen LogP contribution in [0.15, 0.2) is 30.5 Å². The van der Waals surface area contributed by atoms with E-state index in [2.05, 4.69) is 25.9 Å². The summed E-state index contributed by atoms with van der Waals surface area (Å²) in [6.45, 7) is 3.86. The van der Waals surface area contributed by atoms with E-state index in [1.165, 1.54) is 0 Å². The van der Waals surface area contributed by atoms with Gasteiger partial charge in [0.1, 0.15) is 0 Å². The molecule has 1 aliphatic heterocycles. The molecule has 1 fully saturated rings. The van der Waals surface area contributed by atoms with E-state index >= 15 is 0 Å². The monoisotopic (exact) mass is 324 g/mol. The van der Waals surface area contributed by atoms with Crippen LogP contribution in [0.1, 0.15) is 35.1 Å². The van der Waals surface area contributed by atoms with Crippen molar-refractivity contribution in [2.45, 2.75) is 25.8 Å². The lowest BCUT2D eigenvalue weighted by Gasteiger charge is -2.23. The fourth-order valence-corrected chi connectivity index (χ4v) is 3.32. The van der Waals surface area contributed by atoms with Gasteiger partial charge in [0.25, 0.3) is 5.91 Å². The largest absolute Gasteiger partial charge is 0.361 e. The van der Waals surface area contributed by atoms with Crippen molar-refractivity contribution in [3.05, 3.63) is 41.9 Å². The Morgan fingerprint density at radius 2 is 2.12 bits per heavy atom. The van der Waals surface area contributed by atoms with Crippen LogP contribution in [0.5, 0.6) is 0 Å². The molecule has 0 bridgehead atoms. The normalized spacial score (nSPS) is 15.7. The maximum Gasteiger partial charge on any atom is 0.278 e. The minimum Gasteiger partial charge on any atom is -0.361 e. The molecular weight excluding hydrogens is 304 g/mol. The van der Waals surface area contributed by atoms with Crippen molar-refractivity contribution in [2.24, 2.45) is 0 Å². The lowest BCUT2D eigenvalue weighted by atomic mass is 10.1. The Hall–Kier alpha value is -2.67. The number of fused-ring (bicyclic) bond motifs is 1. The second-order valence-corrected chi connectivity index (χ2v) is 6.15. The Balaban J connectivity index is 1.58. The Morgan fingerprint density at radius 3 is 2.96 bits per heavy atom. The van der Waals surface area contributed by atoms with Gasteiger partial charge < -0.3 is 15.6 Å². The standard InChI is InChI=1S/C17H20N6O/c1-11-16(21-22-23(11)12-5-8-18-9-6-12)17(24)20-15-4-2-3-14-13(15)7-10-19-14/h2-4,7,10,12,18-19H,5-6,8-9H2,1H3,(H,20,24). The molecule has 24 heavy (non-hydrogen) atoms. The van der Waals surface area contributed by atoms with E-state index in [9.17, 15) is 4.79 Å². The van der Waals surface area contributed by atoms with Crippen molar-refractivity contribution in [3.63, 3.8) is 0 Å². The fraction of sp³-hybridized carbons (Fsp3) is 0.353. The third-order valence-corrected chi connectivity index (χ3v) is 4.64. The van der Waals surface area contributed by atoms with Crippen LogP contribution in [0.4, 0.5) is 5.69 Å². The number of hydrogen-bond acceptors (Lipinski definition) is 4. The molecule has 0 spiro atoms. The van der Waals surface area contributed by atoms with E-state index in [0.29, 0.717) is 11.7 Å². The molecule has 124 valence electrons. The summed E-state index contributed by atoms with van der Waals surface area (Å²) in [7, 11) is 0. The minimum atomic E-state index is -0.221. The van der Waals surface area contributed by atoms with E-state index in [1.807, 2.05) is 42.1 Å². The van der Waals surface area contributed by atoms with Gasteiger partial charge in [-0.15, -0.1) is 5.10 Å². The van der Waals surface area contributed by atoms with Crippen LogP contribution in [-0.4, -0.2) is 39.0 Å². The minimum absolute atomic E-state index is 0.221. The van der Waals surface area contributed by atoms with Crippen molar-refractivity contribution >= 4 is 22.5 Å². The number of piperidine rings is 1. The molecule has 3 heterocycles. The summed E-state index contributed by atoms with van der Waals surface area (Å²) < 4.78 is 1.90. The topological polar surface area (TPSA) is 87.6 Å². The first-order chi connectivity index (χ1) is 11.7. The fourth-order valence-electron chi connectivity index (χ4n) is 3.32. The summed E-state index contributed by atoms with van der Waals surface area (Å²) in [5.41, 5.74) is 2.97. The molecule has 0 atom stereocenters. The summed E-state index contributed by atoms with van der Waals surface area (Å²) >= 11 is 0. The van der Waals surface area contributed by atoms with Crippen LogP contribution in [0.3, 0.4) is 0 Å². The summed E-state index contributed by atoms with van der Waals surface area (Å²) in [6.07, 6.45) is 3.88. The third kappa shape index (κ3) is 2.56. The van der Waals surface area contributed by atoms with Gasteiger partial charge in [0.2, 0.25) is 0 Å². The molecule has 7 heteroatoms. The number of nitrogens with one attached hydrogen (secondary N) is 3. The van der Waals surface area contributed by atoms with E-state index in [4.69, 9.17) is 0 Å². The molecule has 0 unspecified atom stereocenters.